The molecule has 1 fully saturated rings. The van der Waals surface area contributed by atoms with Crippen molar-refractivity contribution >= 4 is 17.5 Å². The standard InChI is InChI=1S/C6H5Cl.C2H3NO2/c7-6-4-2-1-3-5-6;4-2-1-5-3-2/h1-5H;1H2,(H,3,4). The Morgan fingerprint density at radius 1 is 1.33 bits per heavy atom. The maximum Gasteiger partial charge on any atom is 0.272 e. The number of hydrogen-bond donors (Lipinski definition) is 1. The van der Waals surface area contributed by atoms with E-state index in [0.29, 0.717) is 0 Å². The van der Waals surface area contributed by atoms with Gasteiger partial charge in [0.1, 0.15) is 0 Å². The van der Waals surface area contributed by atoms with Gasteiger partial charge in [0, 0.05) is 5.02 Å². The third-order valence-corrected chi connectivity index (χ3v) is 1.37. The van der Waals surface area contributed by atoms with Crippen molar-refractivity contribution in [3.8, 4) is 0 Å². The minimum atomic E-state index is -0.0370. The number of carbonyl (C=O) groups is 1. The molecule has 0 saturated carbocycles. The van der Waals surface area contributed by atoms with Crippen molar-refractivity contribution in [2.45, 2.75) is 0 Å². The number of hydrogen-bond acceptors (Lipinski definition) is 2. The summed E-state index contributed by atoms with van der Waals surface area (Å²) in [6, 6.07) is 9.44. The molecule has 0 unspecified atom stereocenters. The molecule has 0 aromatic heterocycles. The largest absolute Gasteiger partial charge is 0.272 e. The maximum atomic E-state index is 9.66. The van der Waals surface area contributed by atoms with E-state index in [-0.39, 0.29) is 12.5 Å². The molecule has 1 amide bonds. The van der Waals surface area contributed by atoms with Crippen LogP contribution < -0.4 is 5.48 Å². The van der Waals surface area contributed by atoms with E-state index >= 15 is 0 Å². The van der Waals surface area contributed by atoms with E-state index in [1.165, 1.54) is 0 Å². The summed E-state index contributed by atoms with van der Waals surface area (Å²) in [5.74, 6) is -0.0370. The van der Waals surface area contributed by atoms with Gasteiger partial charge < -0.3 is 0 Å². The maximum absolute atomic E-state index is 9.66. The Bertz CT molecular complexity index is 244. The Balaban J connectivity index is 0.000000127. The van der Waals surface area contributed by atoms with Crippen LogP contribution in [0.5, 0.6) is 0 Å². The highest BCUT2D eigenvalue weighted by molar-refractivity contribution is 6.30. The highest BCUT2D eigenvalue weighted by Crippen LogP contribution is 2.03. The first-order chi connectivity index (χ1) is 5.79. The first-order valence-electron chi connectivity index (χ1n) is 3.40. The molecule has 0 aliphatic carbocycles. The van der Waals surface area contributed by atoms with Crippen LogP contribution in [0.25, 0.3) is 0 Å². The van der Waals surface area contributed by atoms with Crippen LogP contribution in [0.15, 0.2) is 30.3 Å². The van der Waals surface area contributed by atoms with Gasteiger partial charge >= 0.3 is 0 Å². The lowest BCUT2D eigenvalue weighted by atomic mass is 10.4. The van der Waals surface area contributed by atoms with Gasteiger partial charge in [-0.05, 0) is 12.1 Å². The summed E-state index contributed by atoms with van der Waals surface area (Å²) in [5.41, 5.74) is 2.07. The minimum Gasteiger partial charge on any atom is -0.270 e. The lowest BCUT2D eigenvalue weighted by Crippen LogP contribution is -2.40. The monoisotopic (exact) mass is 185 g/mol. The molecule has 1 saturated heterocycles. The number of halogens is 1. The summed E-state index contributed by atoms with van der Waals surface area (Å²) in [4.78, 5) is 13.9. The Kier molecular flexibility index (Phi) is 3.57. The Morgan fingerprint density at radius 3 is 2.00 bits per heavy atom. The smallest absolute Gasteiger partial charge is 0.270 e. The average Bonchev–Trinajstić information content (AvgIpc) is 2.04. The Hall–Kier alpha value is -1.06. The summed E-state index contributed by atoms with van der Waals surface area (Å²) >= 11 is 5.54. The molecule has 1 N–H and O–H groups in total. The fourth-order valence-corrected chi connectivity index (χ4v) is 0.691. The molecular weight excluding hydrogens is 178 g/mol. The fourth-order valence-electron chi connectivity index (χ4n) is 0.546. The van der Waals surface area contributed by atoms with Gasteiger partial charge in [-0.2, -0.15) is 0 Å². The summed E-state index contributed by atoms with van der Waals surface area (Å²) in [5, 5.41) is 0.794. The fraction of sp³-hybridized carbons (Fsp3) is 0.125. The number of rotatable bonds is 0. The molecule has 0 spiro atoms. The van der Waals surface area contributed by atoms with Crippen LogP contribution >= 0.6 is 11.6 Å². The highest BCUT2D eigenvalue weighted by Gasteiger charge is 2.08. The number of nitrogens with one attached hydrogen (secondary N) is 1. The molecule has 1 heterocycles. The molecule has 0 bridgehead atoms. The molecule has 1 aliphatic rings. The van der Waals surface area contributed by atoms with Crippen LogP contribution in [0, 0.1) is 0 Å². The van der Waals surface area contributed by atoms with Gasteiger partial charge in [0.15, 0.2) is 6.61 Å². The third-order valence-electron chi connectivity index (χ3n) is 1.12. The van der Waals surface area contributed by atoms with Crippen molar-refractivity contribution in [1.29, 1.82) is 0 Å². The Labute approximate surface area is 75.2 Å². The van der Waals surface area contributed by atoms with Crippen molar-refractivity contribution < 1.29 is 9.63 Å². The second-order valence-corrected chi connectivity index (χ2v) is 2.55. The van der Waals surface area contributed by atoms with E-state index in [9.17, 15) is 4.79 Å². The van der Waals surface area contributed by atoms with Crippen molar-refractivity contribution in [1.82, 2.24) is 5.48 Å². The normalized spacial score (nSPS) is 13.6. The molecule has 1 aromatic rings. The molecule has 0 radical (unpaired) electrons. The van der Waals surface area contributed by atoms with E-state index in [1.807, 2.05) is 30.3 Å². The molecule has 1 aromatic carbocycles. The molecule has 64 valence electrons. The van der Waals surface area contributed by atoms with E-state index < -0.39 is 0 Å². The van der Waals surface area contributed by atoms with Crippen LogP contribution in [0.1, 0.15) is 0 Å². The highest BCUT2D eigenvalue weighted by atomic mass is 35.5. The predicted octanol–water partition coefficient (Wildman–Crippen LogP) is 1.39. The molecular formula is C8H8ClNO2. The summed E-state index contributed by atoms with van der Waals surface area (Å²) < 4.78 is 0. The average molecular weight is 186 g/mol. The van der Waals surface area contributed by atoms with Crippen molar-refractivity contribution in [2.75, 3.05) is 6.61 Å². The van der Waals surface area contributed by atoms with Crippen LogP contribution in [0.2, 0.25) is 5.02 Å². The van der Waals surface area contributed by atoms with E-state index in [0.717, 1.165) is 5.02 Å². The van der Waals surface area contributed by atoms with Crippen molar-refractivity contribution in [2.24, 2.45) is 0 Å². The lowest BCUT2D eigenvalue weighted by molar-refractivity contribution is -0.159. The summed E-state index contributed by atoms with van der Waals surface area (Å²) in [7, 11) is 0. The molecule has 0 atom stereocenters. The van der Waals surface area contributed by atoms with Gasteiger partial charge in [0.05, 0.1) is 0 Å². The molecule has 1 aliphatic heterocycles. The predicted molar refractivity (Wildman–Crippen MR) is 45.5 cm³/mol. The third kappa shape index (κ3) is 3.37. The number of carbonyl (C=O) groups excluding carboxylic acids is 1. The van der Waals surface area contributed by atoms with Crippen LogP contribution in [-0.2, 0) is 9.63 Å². The second-order valence-electron chi connectivity index (χ2n) is 2.11. The summed E-state index contributed by atoms with van der Waals surface area (Å²) in [6.07, 6.45) is 0. The zero-order valence-electron chi connectivity index (χ0n) is 6.29. The van der Waals surface area contributed by atoms with Crippen LogP contribution in [-0.4, -0.2) is 12.5 Å². The van der Waals surface area contributed by atoms with Gasteiger partial charge in [0.25, 0.3) is 5.91 Å². The number of benzene rings is 1. The van der Waals surface area contributed by atoms with Crippen molar-refractivity contribution in [3.05, 3.63) is 35.4 Å². The quantitative estimate of drug-likeness (QED) is 0.664. The number of amides is 1. The topological polar surface area (TPSA) is 38.3 Å². The first kappa shape index (κ1) is 9.03. The first-order valence-corrected chi connectivity index (χ1v) is 3.78. The van der Waals surface area contributed by atoms with Crippen molar-refractivity contribution in [3.63, 3.8) is 0 Å². The zero-order valence-corrected chi connectivity index (χ0v) is 7.04. The van der Waals surface area contributed by atoms with E-state index in [1.54, 1.807) is 0 Å². The van der Waals surface area contributed by atoms with Gasteiger partial charge in [-0.1, -0.05) is 29.8 Å². The molecule has 12 heavy (non-hydrogen) atoms. The van der Waals surface area contributed by atoms with Gasteiger partial charge in [0.2, 0.25) is 0 Å². The Morgan fingerprint density at radius 2 is 1.83 bits per heavy atom. The minimum absolute atomic E-state index is 0.0370. The zero-order chi connectivity index (χ0) is 8.81. The van der Waals surface area contributed by atoms with E-state index in [4.69, 9.17) is 11.6 Å². The van der Waals surface area contributed by atoms with Gasteiger partial charge in [-0.3, -0.25) is 9.63 Å². The van der Waals surface area contributed by atoms with Crippen LogP contribution in [0.3, 0.4) is 0 Å². The molecule has 2 rings (SSSR count). The second kappa shape index (κ2) is 4.74. The number of hydroxylamine groups is 1. The lowest BCUT2D eigenvalue weighted by Gasteiger charge is -2.10. The van der Waals surface area contributed by atoms with Crippen LogP contribution in [0.4, 0.5) is 0 Å². The van der Waals surface area contributed by atoms with E-state index in [2.05, 4.69) is 10.3 Å². The van der Waals surface area contributed by atoms with Gasteiger partial charge in [-0.25, -0.2) is 5.48 Å². The molecule has 4 heteroatoms. The summed E-state index contributed by atoms with van der Waals surface area (Å²) in [6.45, 7) is 0.236. The van der Waals surface area contributed by atoms with Gasteiger partial charge in [-0.15, -0.1) is 0 Å². The molecule has 3 nitrogen and oxygen atoms in total. The SMILES string of the molecule is Clc1ccccc1.O=C1CON1.